The maximum Gasteiger partial charge on any atom is 0.258 e. The van der Waals surface area contributed by atoms with Gasteiger partial charge >= 0.3 is 0 Å². The predicted molar refractivity (Wildman–Crippen MR) is 111 cm³/mol. The van der Waals surface area contributed by atoms with Gasteiger partial charge in [0.2, 0.25) is 0 Å². The molecule has 2 N–H and O–H groups in total. The van der Waals surface area contributed by atoms with E-state index >= 15 is 0 Å². The molecule has 1 unspecified atom stereocenters. The third-order valence-electron chi connectivity index (χ3n) is 4.20. The molecule has 0 saturated heterocycles. The molecule has 0 aliphatic heterocycles. The van der Waals surface area contributed by atoms with E-state index in [4.69, 9.17) is 16.3 Å². The molecule has 0 bridgehead atoms. The van der Waals surface area contributed by atoms with Gasteiger partial charge in [0.15, 0.2) is 6.61 Å². The molecule has 0 aliphatic rings. The average Bonchev–Trinajstić information content (AvgIpc) is 3.14. The molecule has 1 aromatic heterocycles. The first-order valence-electron chi connectivity index (χ1n) is 8.98. The number of benzene rings is 2. The number of anilines is 1. The summed E-state index contributed by atoms with van der Waals surface area (Å²) >= 11 is 5.88. The summed E-state index contributed by atoms with van der Waals surface area (Å²) in [4.78, 5) is 24.2. The Labute approximate surface area is 173 Å². The van der Waals surface area contributed by atoms with Crippen LogP contribution in [0.1, 0.15) is 28.9 Å². The first-order chi connectivity index (χ1) is 13.9. The summed E-state index contributed by atoms with van der Waals surface area (Å²) in [6.07, 6.45) is 3.13. The Balaban J connectivity index is 1.47. The van der Waals surface area contributed by atoms with Crippen LogP contribution in [0.15, 0.2) is 60.9 Å². The van der Waals surface area contributed by atoms with Gasteiger partial charge in [0, 0.05) is 24.0 Å². The fourth-order valence-corrected chi connectivity index (χ4v) is 2.77. The second-order valence-electron chi connectivity index (χ2n) is 6.51. The molecular weight excluding hydrogens is 392 g/mol. The van der Waals surface area contributed by atoms with Gasteiger partial charge in [-0.15, -0.1) is 0 Å². The van der Waals surface area contributed by atoms with Crippen molar-refractivity contribution in [1.82, 2.24) is 15.1 Å². The lowest BCUT2D eigenvalue weighted by atomic mass is 10.1. The highest BCUT2D eigenvalue weighted by molar-refractivity contribution is 6.30. The molecule has 0 radical (unpaired) electrons. The quantitative estimate of drug-likeness (QED) is 0.621. The molecule has 0 spiro atoms. The minimum Gasteiger partial charge on any atom is -0.484 e. The van der Waals surface area contributed by atoms with E-state index in [1.165, 1.54) is 6.20 Å². The molecule has 8 heteroatoms. The van der Waals surface area contributed by atoms with Gasteiger partial charge in [-0.3, -0.25) is 14.3 Å². The summed E-state index contributed by atoms with van der Waals surface area (Å²) in [6, 6.07) is 13.9. The standard InChI is InChI=1S/C21H21ClN4O3/c1-14(15-3-5-17(22)6-4-15)24-20(27)13-29-19-9-7-18(8-10-19)25-21(28)16-11-23-26(2)12-16/h3-12,14H,13H2,1-2H3,(H,24,27)(H,25,28). The summed E-state index contributed by atoms with van der Waals surface area (Å²) < 4.78 is 7.07. The normalized spacial score (nSPS) is 11.6. The van der Waals surface area contributed by atoms with E-state index in [1.807, 2.05) is 19.1 Å². The van der Waals surface area contributed by atoms with Crippen molar-refractivity contribution in [2.45, 2.75) is 13.0 Å². The molecule has 2 amide bonds. The van der Waals surface area contributed by atoms with Gasteiger partial charge in [-0.05, 0) is 48.9 Å². The van der Waals surface area contributed by atoms with Crippen molar-refractivity contribution in [2.24, 2.45) is 7.05 Å². The molecule has 0 aliphatic carbocycles. The summed E-state index contributed by atoms with van der Waals surface area (Å²) in [6.45, 7) is 1.78. The number of aryl methyl sites for hydroxylation is 1. The fraction of sp³-hybridized carbons (Fsp3) is 0.190. The number of halogens is 1. The summed E-state index contributed by atoms with van der Waals surface area (Å²) in [5, 5.41) is 10.3. The number of aromatic nitrogens is 2. The molecule has 3 aromatic rings. The lowest BCUT2D eigenvalue weighted by Gasteiger charge is -2.15. The molecule has 29 heavy (non-hydrogen) atoms. The highest BCUT2D eigenvalue weighted by Crippen LogP contribution is 2.18. The Kier molecular flexibility index (Phi) is 6.51. The molecule has 0 saturated carbocycles. The summed E-state index contributed by atoms with van der Waals surface area (Å²) in [5.74, 6) is 0.0439. The van der Waals surface area contributed by atoms with E-state index in [9.17, 15) is 9.59 Å². The first kappa shape index (κ1) is 20.4. The predicted octanol–water partition coefficient (Wildman–Crippen LogP) is 3.58. The van der Waals surface area contributed by atoms with Gasteiger partial charge in [0.05, 0.1) is 17.8 Å². The zero-order chi connectivity index (χ0) is 20.8. The van der Waals surface area contributed by atoms with Gasteiger partial charge in [-0.1, -0.05) is 23.7 Å². The van der Waals surface area contributed by atoms with Gasteiger partial charge in [0.1, 0.15) is 5.75 Å². The molecule has 2 aromatic carbocycles. The van der Waals surface area contributed by atoms with Crippen LogP contribution in [-0.2, 0) is 11.8 Å². The van der Waals surface area contributed by atoms with Gasteiger partial charge in [0.25, 0.3) is 11.8 Å². The van der Waals surface area contributed by atoms with E-state index in [0.29, 0.717) is 22.0 Å². The summed E-state index contributed by atoms with van der Waals surface area (Å²) in [5.41, 5.74) is 2.04. The Morgan fingerprint density at radius 3 is 2.45 bits per heavy atom. The number of amides is 2. The number of carbonyl (C=O) groups is 2. The van der Waals surface area contributed by atoms with Crippen molar-refractivity contribution in [3.8, 4) is 5.75 Å². The number of ether oxygens (including phenoxy) is 1. The van der Waals surface area contributed by atoms with E-state index in [0.717, 1.165) is 5.56 Å². The summed E-state index contributed by atoms with van der Waals surface area (Å²) in [7, 11) is 1.75. The second-order valence-corrected chi connectivity index (χ2v) is 6.95. The lowest BCUT2D eigenvalue weighted by Crippen LogP contribution is -2.31. The average molecular weight is 413 g/mol. The monoisotopic (exact) mass is 412 g/mol. The topological polar surface area (TPSA) is 85.2 Å². The SMILES string of the molecule is CC(NC(=O)COc1ccc(NC(=O)c2cnn(C)c2)cc1)c1ccc(Cl)cc1. The zero-order valence-electron chi connectivity index (χ0n) is 16.1. The second kappa shape index (κ2) is 9.25. The Morgan fingerprint density at radius 2 is 1.83 bits per heavy atom. The van der Waals surface area contributed by atoms with E-state index in [-0.39, 0.29) is 24.5 Å². The van der Waals surface area contributed by atoms with Crippen molar-refractivity contribution in [1.29, 1.82) is 0 Å². The largest absolute Gasteiger partial charge is 0.484 e. The first-order valence-corrected chi connectivity index (χ1v) is 9.36. The van der Waals surface area contributed by atoms with Crippen LogP contribution in [0.4, 0.5) is 5.69 Å². The van der Waals surface area contributed by atoms with Crippen LogP contribution in [0.3, 0.4) is 0 Å². The lowest BCUT2D eigenvalue weighted by molar-refractivity contribution is -0.123. The Morgan fingerprint density at radius 1 is 1.14 bits per heavy atom. The van der Waals surface area contributed by atoms with Gasteiger partial charge in [-0.25, -0.2) is 0 Å². The van der Waals surface area contributed by atoms with Crippen molar-refractivity contribution in [2.75, 3.05) is 11.9 Å². The van der Waals surface area contributed by atoms with Crippen molar-refractivity contribution in [3.05, 3.63) is 77.1 Å². The van der Waals surface area contributed by atoms with Crippen LogP contribution in [0.5, 0.6) is 5.75 Å². The van der Waals surface area contributed by atoms with Crippen LogP contribution in [0.2, 0.25) is 5.02 Å². The number of carbonyl (C=O) groups excluding carboxylic acids is 2. The third-order valence-corrected chi connectivity index (χ3v) is 4.45. The highest BCUT2D eigenvalue weighted by atomic mass is 35.5. The van der Waals surface area contributed by atoms with E-state index in [2.05, 4.69) is 15.7 Å². The number of rotatable bonds is 7. The van der Waals surface area contributed by atoms with Crippen molar-refractivity contribution < 1.29 is 14.3 Å². The fourth-order valence-electron chi connectivity index (χ4n) is 2.64. The van der Waals surface area contributed by atoms with Crippen LogP contribution < -0.4 is 15.4 Å². The van der Waals surface area contributed by atoms with Crippen molar-refractivity contribution >= 4 is 29.1 Å². The third kappa shape index (κ3) is 5.83. The molecule has 3 rings (SSSR count). The number of nitrogens with zero attached hydrogens (tertiary/aromatic N) is 2. The van der Waals surface area contributed by atoms with E-state index < -0.39 is 0 Å². The molecule has 0 fully saturated rings. The van der Waals surface area contributed by atoms with Crippen LogP contribution >= 0.6 is 11.6 Å². The zero-order valence-corrected chi connectivity index (χ0v) is 16.8. The maximum absolute atomic E-state index is 12.1. The highest BCUT2D eigenvalue weighted by Gasteiger charge is 2.11. The number of nitrogens with one attached hydrogen (secondary N) is 2. The Bertz CT molecular complexity index is 984. The Hall–Kier alpha value is -3.32. The minimum atomic E-state index is -0.248. The maximum atomic E-state index is 12.1. The van der Waals surface area contributed by atoms with Crippen LogP contribution in [0.25, 0.3) is 0 Å². The van der Waals surface area contributed by atoms with Crippen LogP contribution in [0, 0.1) is 0 Å². The minimum absolute atomic E-state index is 0.112. The van der Waals surface area contributed by atoms with E-state index in [1.54, 1.807) is 54.3 Å². The molecule has 1 atom stereocenters. The molecule has 150 valence electrons. The number of hydrogen-bond donors (Lipinski definition) is 2. The number of hydrogen-bond acceptors (Lipinski definition) is 4. The van der Waals surface area contributed by atoms with Crippen LogP contribution in [-0.4, -0.2) is 28.2 Å². The van der Waals surface area contributed by atoms with Gasteiger partial charge in [-0.2, -0.15) is 5.10 Å². The molecular formula is C21H21ClN4O3. The van der Waals surface area contributed by atoms with Gasteiger partial charge < -0.3 is 15.4 Å². The smallest absolute Gasteiger partial charge is 0.258 e. The van der Waals surface area contributed by atoms with Crippen molar-refractivity contribution in [3.63, 3.8) is 0 Å². The molecule has 7 nitrogen and oxygen atoms in total. The molecule has 1 heterocycles.